The largest absolute Gasteiger partial charge is 0.494 e. The third kappa shape index (κ3) is 6.76. The maximum atomic E-state index is 12.4. The van der Waals surface area contributed by atoms with Gasteiger partial charge in [0.15, 0.2) is 5.78 Å². The number of nitrogens with zero attached hydrogens (tertiary/aromatic N) is 1. The highest BCUT2D eigenvalue weighted by Gasteiger charge is 2.15. The molecule has 0 fully saturated rings. The van der Waals surface area contributed by atoms with Crippen molar-refractivity contribution in [1.82, 2.24) is 4.90 Å². The van der Waals surface area contributed by atoms with E-state index in [-0.39, 0.29) is 5.78 Å². The maximum absolute atomic E-state index is 12.4. The van der Waals surface area contributed by atoms with Gasteiger partial charge >= 0.3 is 0 Å². The fraction of sp³-hybridized carbons (Fsp3) is 0.611. The molecule has 0 saturated heterocycles. The molecular weight excluding hydrogens is 262 g/mol. The first-order valence-corrected chi connectivity index (χ1v) is 7.90. The Kier molecular flexibility index (Phi) is 7.44. The van der Waals surface area contributed by atoms with Crippen LogP contribution in [0.15, 0.2) is 24.3 Å². The fourth-order valence-corrected chi connectivity index (χ4v) is 2.43. The molecule has 0 spiro atoms. The molecule has 21 heavy (non-hydrogen) atoms. The molecule has 0 amide bonds. The van der Waals surface area contributed by atoms with E-state index in [9.17, 15) is 4.79 Å². The van der Waals surface area contributed by atoms with Gasteiger partial charge in [0, 0.05) is 18.7 Å². The summed E-state index contributed by atoms with van der Waals surface area (Å²) in [6, 6.07) is 7.45. The Hall–Kier alpha value is -1.35. The summed E-state index contributed by atoms with van der Waals surface area (Å²) in [4.78, 5) is 14.7. The number of Topliss-reactive ketones (excluding diaryl/α,β-unsaturated/α-hetero) is 1. The van der Waals surface area contributed by atoms with Crippen LogP contribution in [0, 0.1) is 11.8 Å². The van der Waals surface area contributed by atoms with Gasteiger partial charge in [-0.05, 0) is 43.0 Å². The summed E-state index contributed by atoms with van der Waals surface area (Å²) in [6.07, 6.45) is 0. The number of ketones is 1. The van der Waals surface area contributed by atoms with E-state index >= 15 is 0 Å². The van der Waals surface area contributed by atoms with E-state index in [1.807, 2.05) is 31.2 Å². The average molecular weight is 291 g/mol. The van der Waals surface area contributed by atoms with E-state index in [0.29, 0.717) is 25.0 Å². The van der Waals surface area contributed by atoms with Gasteiger partial charge in [0.2, 0.25) is 0 Å². The summed E-state index contributed by atoms with van der Waals surface area (Å²) in [6.45, 7) is 13.8. The van der Waals surface area contributed by atoms with Crippen molar-refractivity contribution in [3.63, 3.8) is 0 Å². The molecule has 118 valence electrons. The Labute approximate surface area is 129 Å². The van der Waals surface area contributed by atoms with E-state index in [1.165, 1.54) is 0 Å². The first-order valence-electron chi connectivity index (χ1n) is 7.90. The molecule has 0 aromatic heterocycles. The standard InChI is InChI=1S/C18H29NO2/c1-6-21-17-9-7-16(8-10-17)18(20)13-19(11-14(2)3)12-15(4)5/h7-10,14-15H,6,11-13H2,1-5H3. The highest BCUT2D eigenvalue weighted by molar-refractivity contribution is 5.97. The van der Waals surface area contributed by atoms with Crippen molar-refractivity contribution < 1.29 is 9.53 Å². The lowest BCUT2D eigenvalue weighted by molar-refractivity contribution is 0.0912. The highest BCUT2D eigenvalue weighted by atomic mass is 16.5. The third-order valence-corrected chi connectivity index (χ3v) is 3.10. The highest BCUT2D eigenvalue weighted by Crippen LogP contribution is 2.13. The number of carbonyl (C=O) groups excluding carboxylic acids is 1. The fourth-order valence-electron chi connectivity index (χ4n) is 2.43. The number of rotatable bonds is 9. The molecule has 0 bridgehead atoms. The lowest BCUT2D eigenvalue weighted by Gasteiger charge is -2.25. The van der Waals surface area contributed by atoms with Crippen molar-refractivity contribution in [2.24, 2.45) is 11.8 Å². The van der Waals surface area contributed by atoms with E-state index < -0.39 is 0 Å². The van der Waals surface area contributed by atoms with Crippen molar-refractivity contribution in [3.05, 3.63) is 29.8 Å². The van der Waals surface area contributed by atoms with Crippen molar-refractivity contribution in [1.29, 1.82) is 0 Å². The van der Waals surface area contributed by atoms with Crippen LogP contribution < -0.4 is 4.74 Å². The molecule has 0 heterocycles. The van der Waals surface area contributed by atoms with Crippen LogP contribution in [-0.4, -0.2) is 36.9 Å². The van der Waals surface area contributed by atoms with Gasteiger partial charge in [-0.15, -0.1) is 0 Å². The maximum Gasteiger partial charge on any atom is 0.176 e. The number of ether oxygens (including phenoxy) is 1. The van der Waals surface area contributed by atoms with E-state index in [2.05, 4.69) is 32.6 Å². The molecular formula is C18H29NO2. The molecule has 0 aliphatic heterocycles. The second kappa shape index (κ2) is 8.83. The molecule has 0 radical (unpaired) electrons. The van der Waals surface area contributed by atoms with Crippen molar-refractivity contribution in [2.45, 2.75) is 34.6 Å². The van der Waals surface area contributed by atoms with Gasteiger partial charge < -0.3 is 4.74 Å². The minimum Gasteiger partial charge on any atom is -0.494 e. The quantitative estimate of drug-likeness (QED) is 0.647. The number of hydrogen-bond acceptors (Lipinski definition) is 3. The van der Waals surface area contributed by atoms with Crippen LogP contribution in [0.3, 0.4) is 0 Å². The lowest BCUT2D eigenvalue weighted by atomic mass is 10.1. The molecule has 1 aromatic carbocycles. The smallest absolute Gasteiger partial charge is 0.176 e. The molecule has 0 N–H and O–H groups in total. The van der Waals surface area contributed by atoms with Crippen LogP contribution in [0.1, 0.15) is 45.0 Å². The normalized spacial score (nSPS) is 11.4. The minimum absolute atomic E-state index is 0.180. The molecule has 3 nitrogen and oxygen atoms in total. The summed E-state index contributed by atoms with van der Waals surface area (Å²) in [5.41, 5.74) is 0.760. The average Bonchev–Trinajstić information content (AvgIpc) is 2.38. The molecule has 1 aromatic rings. The Balaban J connectivity index is 2.67. The zero-order valence-electron chi connectivity index (χ0n) is 14.1. The van der Waals surface area contributed by atoms with Crippen LogP contribution >= 0.6 is 0 Å². The van der Waals surface area contributed by atoms with Crippen molar-refractivity contribution >= 4 is 5.78 Å². The van der Waals surface area contributed by atoms with Gasteiger partial charge in [0.1, 0.15) is 5.75 Å². The van der Waals surface area contributed by atoms with Gasteiger partial charge in [-0.25, -0.2) is 0 Å². The first kappa shape index (κ1) is 17.7. The van der Waals surface area contributed by atoms with Crippen LogP contribution in [0.5, 0.6) is 5.75 Å². The summed E-state index contributed by atoms with van der Waals surface area (Å²) >= 11 is 0. The lowest BCUT2D eigenvalue weighted by Crippen LogP contribution is -2.35. The zero-order chi connectivity index (χ0) is 15.8. The number of carbonyl (C=O) groups is 1. The van der Waals surface area contributed by atoms with Crippen LogP contribution in [0.2, 0.25) is 0 Å². The van der Waals surface area contributed by atoms with Crippen LogP contribution in [-0.2, 0) is 0 Å². The summed E-state index contributed by atoms with van der Waals surface area (Å²) < 4.78 is 5.41. The molecule has 0 atom stereocenters. The van der Waals surface area contributed by atoms with Gasteiger partial charge in [0.25, 0.3) is 0 Å². The SMILES string of the molecule is CCOc1ccc(C(=O)CN(CC(C)C)CC(C)C)cc1. The molecule has 0 aliphatic carbocycles. The topological polar surface area (TPSA) is 29.5 Å². The number of benzene rings is 1. The van der Waals surface area contributed by atoms with Gasteiger partial charge in [0.05, 0.1) is 13.2 Å². The van der Waals surface area contributed by atoms with E-state index in [0.717, 1.165) is 24.4 Å². The van der Waals surface area contributed by atoms with Crippen molar-refractivity contribution in [3.8, 4) is 5.75 Å². The van der Waals surface area contributed by atoms with Crippen LogP contribution in [0.4, 0.5) is 0 Å². The summed E-state index contributed by atoms with van der Waals surface area (Å²) in [7, 11) is 0. The first-order chi connectivity index (χ1) is 9.92. The minimum atomic E-state index is 0.180. The molecule has 0 unspecified atom stereocenters. The second-order valence-corrected chi connectivity index (χ2v) is 6.36. The predicted octanol–water partition coefficient (Wildman–Crippen LogP) is 3.88. The zero-order valence-corrected chi connectivity index (χ0v) is 14.1. The second-order valence-electron chi connectivity index (χ2n) is 6.36. The summed E-state index contributed by atoms with van der Waals surface area (Å²) in [5, 5.41) is 0. The molecule has 0 aliphatic rings. The Morgan fingerprint density at radius 3 is 2.00 bits per heavy atom. The monoisotopic (exact) mass is 291 g/mol. The third-order valence-electron chi connectivity index (χ3n) is 3.10. The Morgan fingerprint density at radius 2 is 1.57 bits per heavy atom. The molecule has 3 heteroatoms. The predicted molar refractivity (Wildman–Crippen MR) is 88.1 cm³/mol. The van der Waals surface area contributed by atoms with Gasteiger partial charge in [-0.3, -0.25) is 9.69 Å². The Bertz CT molecular complexity index is 413. The van der Waals surface area contributed by atoms with Crippen LogP contribution in [0.25, 0.3) is 0 Å². The van der Waals surface area contributed by atoms with E-state index in [1.54, 1.807) is 0 Å². The summed E-state index contributed by atoms with van der Waals surface area (Å²) in [5.74, 6) is 2.13. The molecule has 1 rings (SSSR count). The van der Waals surface area contributed by atoms with Gasteiger partial charge in [-0.1, -0.05) is 27.7 Å². The number of hydrogen-bond donors (Lipinski definition) is 0. The van der Waals surface area contributed by atoms with E-state index in [4.69, 9.17) is 4.74 Å². The van der Waals surface area contributed by atoms with Gasteiger partial charge in [-0.2, -0.15) is 0 Å². The Morgan fingerprint density at radius 1 is 1.05 bits per heavy atom. The van der Waals surface area contributed by atoms with Crippen molar-refractivity contribution in [2.75, 3.05) is 26.2 Å². The molecule has 0 saturated carbocycles.